The molecule has 1 aliphatic rings. The number of benzene rings is 1. The molecule has 2 heterocycles. The first-order valence-corrected chi connectivity index (χ1v) is 11.6. The molecular weight excluding hydrogens is 523 g/mol. The van der Waals surface area contributed by atoms with Crippen molar-refractivity contribution in [2.24, 2.45) is 7.05 Å². The largest absolute Gasteiger partial charge is 0.433 e. The van der Waals surface area contributed by atoms with E-state index in [-0.39, 0.29) is 23.5 Å². The van der Waals surface area contributed by atoms with Crippen LogP contribution in [0.5, 0.6) is 0 Å². The second-order valence-electron chi connectivity index (χ2n) is 8.24. The Balaban J connectivity index is 1.51. The quantitative estimate of drug-likeness (QED) is 0.466. The van der Waals surface area contributed by atoms with E-state index >= 15 is 0 Å². The van der Waals surface area contributed by atoms with Crippen LogP contribution in [-0.2, 0) is 13.2 Å². The molecule has 3 aromatic rings. The Morgan fingerprint density at radius 2 is 1.94 bits per heavy atom. The molecule has 1 fully saturated rings. The summed E-state index contributed by atoms with van der Waals surface area (Å²) in [6.45, 7) is 0. The number of alkyl halides is 3. The Labute approximate surface area is 202 Å². The predicted molar refractivity (Wildman–Crippen MR) is 125 cm³/mol. The van der Waals surface area contributed by atoms with E-state index in [1.54, 1.807) is 26.4 Å². The van der Waals surface area contributed by atoms with Crippen LogP contribution in [0.4, 0.5) is 18.9 Å². The lowest BCUT2D eigenvalue weighted by Gasteiger charge is -2.37. The summed E-state index contributed by atoms with van der Waals surface area (Å²) in [5.74, 6) is -0.205. The fraction of sp³-hybridized carbons (Fsp3) is 0.409. The van der Waals surface area contributed by atoms with E-state index < -0.39 is 11.9 Å². The van der Waals surface area contributed by atoms with Crippen molar-refractivity contribution in [2.75, 3.05) is 11.9 Å². The molecule has 1 amide bonds. The van der Waals surface area contributed by atoms with E-state index in [0.29, 0.717) is 39.1 Å². The van der Waals surface area contributed by atoms with Crippen LogP contribution >= 0.6 is 27.5 Å². The van der Waals surface area contributed by atoms with Crippen LogP contribution in [0.3, 0.4) is 0 Å². The molecule has 0 bridgehead atoms. The maximum atomic E-state index is 13.5. The van der Waals surface area contributed by atoms with E-state index in [0.717, 1.165) is 18.9 Å². The lowest BCUT2D eigenvalue weighted by atomic mass is 9.89. The minimum atomic E-state index is -4.55. The van der Waals surface area contributed by atoms with Gasteiger partial charge in [-0.25, -0.2) is 4.98 Å². The Morgan fingerprint density at radius 1 is 1.24 bits per heavy atom. The Kier molecular flexibility index (Phi) is 6.59. The van der Waals surface area contributed by atoms with E-state index in [2.05, 4.69) is 31.3 Å². The number of carbonyl (C=O) groups excluding carboxylic acids is 1. The van der Waals surface area contributed by atoms with Crippen LogP contribution in [0.25, 0.3) is 10.9 Å². The first-order chi connectivity index (χ1) is 15.5. The fourth-order valence-electron chi connectivity index (χ4n) is 4.34. The summed E-state index contributed by atoms with van der Waals surface area (Å²) >= 11 is 9.46. The highest BCUT2D eigenvalue weighted by atomic mass is 79.9. The number of halogens is 5. The van der Waals surface area contributed by atoms with E-state index in [4.69, 9.17) is 11.6 Å². The standard InChI is InChI=1S/C22H22BrClF3N5O/c1-31(18-10-19(22(25,26)27)30-17-8-3-12(24)9-15(17)18)14-6-4-13(5-7-14)29-21(33)20-16(23)11-28-32(20)2/h3,8-11,13-14H,4-7H2,1-2H3,(H,29,33)/t13-,14+. The molecule has 1 aromatic carbocycles. The first kappa shape index (κ1) is 23.8. The Bertz CT molecular complexity index is 1170. The van der Waals surface area contributed by atoms with Gasteiger partial charge in [0.15, 0.2) is 0 Å². The number of carbonyl (C=O) groups is 1. The van der Waals surface area contributed by atoms with Crippen molar-refractivity contribution in [3.8, 4) is 0 Å². The summed E-state index contributed by atoms with van der Waals surface area (Å²) < 4.78 is 42.5. The highest BCUT2D eigenvalue weighted by molar-refractivity contribution is 9.10. The van der Waals surface area contributed by atoms with Gasteiger partial charge in [-0.15, -0.1) is 0 Å². The molecule has 0 saturated heterocycles. The third-order valence-corrected chi connectivity index (χ3v) is 6.92. The second kappa shape index (κ2) is 9.13. The molecule has 0 aliphatic heterocycles. The molecule has 4 rings (SSSR count). The normalized spacial score (nSPS) is 19.0. The Morgan fingerprint density at radius 3 is 2.55 bits per heavy atom. The lowest BCUT2D eigenvalue weighted by molar-refractivity contribution is -0.140. The predicted octanol–water partition coefficient (Wildman–Crippen LogP) is 5.58. The van der Waals surface area contributed by atoms with Gasteiger partial charge in [-0.3, -0.25) is 9.48 Å². The number of hydrogen-bond donors (Lipinski definition) is 1. The van der Waals surface area contributed by atoms with E-state index in [1.165, 1.54) is 16.8 Å². The third kappa shape index (κ3) is 4.96. The molecule has 11 heteroatoms. The number of hydrogen-bond acceptors (Lipinski definition) is 4. The molecule has 0 radical (unpaired) electrons. The van der Waals surface area contributed by atoms with Crippen molar-refractivity contribution in [1.82, 2.24) is 20.1 Å². The SMILES string of the molecule is Cn1ncc(Br)c1C(=O)N[C@H]1CC[C@@H](N(C)c2cc(C(F)(F)F)nc3ccc(Cl)cc23)CC1. The molecule has 1 aliphatic carbocycles. The number of aromatic nitrogens is 3. The van der Waals surface area contributed by atoms with Crippen LogP contribution in [-0.4, -0.2) is 39.8 Å². The zero-order chi connectivity index (χ0) is 23.9. The molecule has 6 nitrogen and oxygen atoms in total. The minimum Gasteiger partial charge on any atom is -0.371 e. The number of nitrogens with zero attached hydrogens (tertiary/aromatic N) is 4. The van der Waals surface area contributed by atoms with Crippen molar-refractivity contribution in [3.63, 3.8) is 0 Å². The van der Waals surface area contributed by atoms with Crippen LogP contribution in [0.2, 0.25) is 5.02 Å². The zero-order valence-corrected chi connectivity index (χ0v) is 20.3. The van der Waals surface area contributed by atoms with Gasteiger partial charge in [-0.05, 0) is 65.9 Å². The number of rotatable bonds is 4. The smallest absolute Gasteiger partial charge is 0.371 e. The molecule has 1 N–H and O–H groups in total. The topological polar surface area (TPSA) is 63.1 Å². The average Bonchev–Trinajstić information content (AvgIpc) is 3.10. The summed E-state index contributed by atoms with van der Waals surface area (Å²) in [7, 11) is 3.50. The molecule has 0 unspecified atom stereocenters. The average molecular weight is 545 g/mol. The van der Waals surface area contributed by atoms with Crippen LogP contribution < -0.4 is 10.2 Å². The molecule has 33 heavy (non-hydrogen) atoms. The van der Waals surface area contributed by atoms with Gasteiger partial charge >= 0.3 is 6.18 Å². The first-order valence-electron chi connectivity index (χ1n) is 10.4. The van der Waals surface area contributed by atoms with Crippen molar-refractivity contribution in [1.29, 1.82) is 0 Å². The Hall–Kier alpha value is -2.33. The number of anilines is 1. The molecule has 0 spiro atoms. The van der Waals surface area contributed by atoms with Gasteiger partial charge < -0.3 is 10.2 Å². The fourth-order valence-corrected chi connectivity index (χ4v) is 5.04. The number of nitrogens with one attached hydrogen (secondary N) is 1. The summed E-state index contributed by atoms with van der Waals surface area (Å²) in [4.78, 5) is 18.3. The van der Waals surface area contributed by atoms with Gasteiger partial charge in [-0.1, -0.05) is 11.6 Å². The molecule has 176 valence electrons. The monoisotopic (exact) mass is 543 g/mol. The summed E-state index contributed by atoms with van der Waals surface area (Å²) in [5.41, 5.74) is 0.218. The highest BCUT2D eigenvalue weighted by Crippen LogP contribution is 2.37. The molecular formula is C22H22BrClF3N5O. The van der Waals surface area contributed by atoms with Gasteiger partial charge in [0.25, 0.3) is 5.91 Å². The maximum absolute atomic E-state index is 13.5. The van der Waals surface area contributed by atoms with Gasteiger partial charge in [0.1, 0.15) is 11.4 Å². The lowest BCUT2D eigenvalue weighted by Crippen LogP contribution is -2.43. The van der Waals surface area contributed by atoms with Crippen LogP contribution in [0.1, 0.15) is 41.9 Å². The van der Waals surface area contributed by atoms with Gasteiger partial charge in [-0.2, -0.15) is 18.3 Å². The summed E-state index contributed by atoms with van der Waals surface area (Å²) in [5, 5.41) is 8.12. The number of pyridine rings is 1. The van der Waals surface area contributed by atoms with Gasteiger partial charge in [0.2, 0.25) is 0 Å². The molecule has 2 aromatic heterocycles. The third-order valence-electron chi connectivity index (χ3n) is 6.11. The van der Waals surface area contributed by atoms with Crippen molar-refractivity contribution in [3.05, 3.63) is 51.3 Å². The zero-order valence-electron chi connectivity index (χ0n) is 18.0. The number of aryl methyl sites for hydroxylation is 1. The van der Waals surface area contributed by atoms with Crippen molar-refractivity contribution >= 4 is 50.0 Å². The van der Waals surface area contributed by atoms with E-state index in [9.17, 15) is 18.0 Å². The molecule has 0 atom stereocenters. The number of amides is 1. The highest BCUT2D eigenvalue weighted by Gasteiger charge is 2.35. The second-order valence-corrected chi connectivity index (χ2v) is 9.53. The van der Waals surface area contributed by atoms with Crippen molar-refractivity contribution < 1.29 is 18.0 Å². The van der Waals surface area contributed by atoms with Crippen molar-refractivity contribution in [2.45, 2.75) is 43.9 Å². The summed E-state index contributed by atoms with van der Waals surface area (Å²) in [6.07, 6.45) is -0.107. The number of fused-ring (bicyclic) bond motifs is 1. The summed E-state index contributed by atoms with van der Waals surface area (Å²) in [6, 6.07) is 5.79. The van der Waals surface area contributed by atoms with E-state index in [1.807, 2.05) is 4.90 Å². The van der Waals surface area contributed by atoms with Gasteiger partial charge in [0.05, 0.1) is 16.2 Å². The molecule has 1 saturated carbocycles. The van der Waals surface area contributed by atoms with Crippen LogP contribution in [0, 0.1) is 0 Å². The minimum absolute atomic E-state index is 0.0154. The van der Waals surface area contributed by atoms with Crippen LogP contribution in [0.15, 0.2) is 34.9 Å². The maximum Gasteiger partial charge on any atom is 0.433 e. The van der Waals surface area contributed by atoms with Gasteiger partial charge in [0, 0.05) is 42.3 Å².